The third kappa shape index (κ3) is 3.68. The van der Waals surface area contributed by atoms with Gasteiger partial charge in [0.1, 0.15) is 5.54 Å². The van der Waals surface area contributed by atoms with Crippen molar-refractivity contribution in [2.75, 3.05) is 52.4 Å². The number of nitrogens with zero attached hydrogens (tertiary/aromatic N) is 4. The number of piperazine rings is 1. The number of piperidine rings is 1. The second-order valence-corrected chi connectivity index (χ2v) is 6.09. The fraction of sp³-hybridized carbons (Fsp3) is 0.733. The molecule has 3 heterocycles. The summed E-state index contributed by atoms with van der Waals surface area (Å²) < 4.78 is 1.86. The summed E-state index contributed by atoms with van der Waals surface area (Å²) in [6, 6.07) is 1.89. The minimum absolute atomic E-state index is 0. The number of hydrogen-bond donors (Lipinski definition) is 2. The van der Waals surface area contributed by atoms with Gasteiger partial charge >= 0.3 is 0 Å². The fourth-order valence-corrected chi connectivity index (χ4v) is 3.51. The van der Waals surface area contributed by atoms with Crippen LogP contribution in [0.5, 0.6) is 0 Å². The molecule has 1 aromatic rings. The van der Waals surface area contributed by atoms with E-state index in [1.54, 1.807) is 6.20 Å². The maximum Gasteiger partial charge on any atom is 0.250 e. The minimum atomic E-state index is -0.534. The Labute approximate surface area is 143 Å². The second kappa shape index (κ2) is 8.10. The standard InChI is InChI=1S/C15H25N5O2.ClH/c21-13-12-18-8-10-19(11-9-18)14(22)15(2-5-16-6-3-15)20-7-1-4-17-20;/h1,4,7,16,21H,2-3,5-6,8-13H2;1H. The molecule has 2 N–H and O–H groups in total. The van der Waals surface area contributed by atoms with E-state index >= 15 is 0 Å². The number of rotatable bonds is 4. The van der Waals surface area contributed by atoms with Crippen molar-refractivity contribution in [2.45, 2.75) is 18.4 Å². The molecule has 1 aromatic heterocycles. The summed E-state index contributed by atoms with van der Waals surface area (Å²) >= 11 is 0. The first-order valence-electron chi connectivity index (χ1n) is 8.10. The molecule has 8 heteroatoms. The Bertz CT molecular complexity index is 482. The highest BCUT2D eigenvalue weighted by Crippen LogP contribution is 2.29. The van der Waals surface area contributed by atoms with Crippen LogP contribution in [-0.2, 0) is 10.3 Å². The van der Waals surface area contributed by atoms with E-state index in [1.165, 1.54) is 0 Å². The highest BCUT2D eigenvalue weighted by molar-refractivity contribution is 5.85. The van der Waals surface area contributed by atoms with Crippen LogP contribution in [-0.4, -0.2) is 83.0 Å². The number of hydrogen-bond acceptors (Lipinski definition) is 5. The van der Waals surface area contributed by atoms with Crippen LogP contribution in [0.2, 0.25) is 0 Å². The number of aliphatic hydroxyl groups excluding tert-OH is 1. The molecule has 130 valence electrons. The molecule has 2 fully saturated rings. The molecule has 0 unspecified atom stereocenters. The SMILES string of the molecule is Cl.O=C(N1CCN(CCO)CC1)C1(n2cccn2)CCNCC1. The maximum absolute atomic E-state index is 13.2. The first-order valence-corrected chi connectivity index (χ1v) is 8.10. The molecule has 1 amide bonds. The van der Waals surface area contributed by atoms with Crippen molar-refractivity contribution < 1.29 is 9.90 Å². The van der Waals surface area contributed by atoms with E-state index in [4.69, 9.17) is 5.11 Å². The summed E-state index contributed by atoms with van der Waals surface area (Å²) in [4.78, 5) is 17.4. The lowest BCUT2D eigenvalue weighted by Crippen LogP contribution is -2.59. The summed E-state index contributed by atoms with van der Waals surface area (Å²) in [6.07, 6.45) is 5.22. The highest BCUT2D eigenvalue weighted by Gasteiger charge is 2.44. The zero-order valence-corrected chi connectivity index (χ0v) is 14.2. The molecule has 2 aliphatic heterocycles. The van der Waals surface area contributed by atoms with E-state index < -0.39 is 5.54 Å². The molecule has 0 spiro atoms. The molecule has 0 bridgehead atoms. The average Bonchev–Trinajstić information content (AvgIpc) is 3.11. The van der Waals surface area contributed by atoms with Crippen LogP contribution in [0, 0.1) is 0 Å². The van der Waals surface area contributed by atoms with Crippen molar-refractivity contribution >= 4 is 18.3 Å². The number of nitrogens with one attached hydrogen (secondary N) is 1. The van der Waals surface area contributed by atoms with Crippen molar-refractivity contribution in [1.82, 2.24) is 24.9 Å². The summed E-state index contributed by atoms with van der Waals surface area (Å²) in [7, 11) is 0. The van der Waals surface area contributed by atoms with Gasteiger partial charge in [-0.1, -0.05) is 0 Å². The van der Waals surface area contributed by atoms with Gasteiger partial charge in [-0.15, -0.1) is 12.4 Å². The van der Waals surface area contributed by atoms with Crippen LogP contribution < -0.4 is 5.32 Å². The Kier molecular flexibility index (Phi) is 6.41. The van der Waals surface area contributed by atoms with Crippen molar-refractivity contribution in [2.24, 2.45) is 0 Å². The number of carbonyl (C=O) groups is 1. The second-order valence-electron chi connectivity index (χ2n) is 6.09. The molecule has 2 saturated heterocycles. The van der Waals surface area contributed by atoms with E-state index in [9.17, 15) is 4.79 Å². The Morgan fingerprint density at radius 2 is 1.91 bits per heavy atom. The third-order valence-electron chi connectivity index (χ3n) is 4.85. The number of β-amino-alcohol motifs (C(OH)–C–C–N with tert-alkyl or cyclic N) is 1. The van der Waals surface area contributed by atoms with Crippen LogP contribution in [0.3, 0.4) is 0 Å². The molecule has 0 atom stereocenters. The van der Waals surface area contributed by atoms with Crippen LogP contribution in [0.25, 0.3) is 0 Å². The summed E-state index contributed by atoms with van der Waals surface area (Å²) in [5.41, 5.74) is -0.534. The normalized spacial score (nSPS) is 21.7. The number of aliphatic hydroxyl groups is 1. The van der Waals surface area contributed by atoms with E-state index in [0.29, 0.717) is 6.54 Å². The van der Waals surface area contributed by atoms with Gasteiger partial charge in [-0.05, 0) is 32.0 Å². The lowest BCUT2D eigenvalue weighted by Gasteiger charge is -2.43. The average molecular weight is 344 g/mol. The topological polar surface area (TPSA) is 73.6 Å². The van der Waals surface area contributed by atoms with Gasteiger partial charge in [0.2, 0.25) is 0 Å². The minimum Gasteiger partial charge on any atom is -0.395 e. The van der Waals surface area contributed by atoms with Crippen molar-refractivity contribution in [1.29, 1.82) is 0 Å². The van der Waals surface area contributed by atoms with Gasteiger partial charge in [0, 0.05) is 45.1 Å². The predicted molar refractivity (Wildman–Crippen MR) is 89.7 cm³/mol. The first-order chi connectivity index (χ1) is 10.8. The summed E-state index contributed by atoms with van der Waals surface area (Å²) in [5.74, 6) is 0.196. The molecule has 0 aliphatic carbocycles. The van der Waals surface area contributed by atoms with Crippen molar-refractivity contribution in [3.05, 3.63) is 18.5 Å². The quantitative estimate of drug-likeness (QED) is 0.772. The van der Waals surface area contributed by atoms with Gasteiger partial charge in [-0.2, -0.15) is 5.10 Å². The van der Waals surface area contributed by atoms with Crippen LogP contribution in [0.1, 0.15) is 12.8 Å². The molecular formula is C15H26ClN5O2. The highest BCUT2D eigenvalue weighted by atomic mass is 35.5. The van der Waals surface area contributed by atoms with Gasteiger partial charge in [0.05, 0.1) is 6.61 Å². The Morgan fingerprint density at radius 1 is 1.22 bits per heavy atom. The Balaban J connectivity index is 0.00000192. The molecule has 3 rings (SSSR count). The van der Waals surface area contributed by atoms with Gasteiger partial charge in [-0.3, -0.25) is 14.4 Å². The Hall–Kier alpha value is -1.15. The van der Waals surface area contributed by atoms with Gasteiger partial charge in [-0.25, -0.2) is 0 Å². The van der Waals surface area contributed by atoms with E-state index in [2.05, 4.69) is 15.3 Å². The molecule has 7 nitrogen and oxygen atoms in total. The zero-order chi connectivity index (χ0) is 15.4. The third-order valence-corrected chi connectivity index (χ3v) is 4.85. The van der Waals surface area contributed by atoms with Gasteiger partial charge in [0.25, 0.3) is 5.91 Å². The van der Waals surface area contributed by atoms with Gasteiger partial charge < -0.3 is 15.3 Å². The zero-order valence-electron chi connectivity index (χ0n) is 13.4. The predicted octanol–water partition coefficient (Wildman–Crippen LogP) is -0.480. The van der Waals surface area contributed by atoms with Crippen LogP contribution in [0.15, 0.2) is 18.5 Å². The summed E-state index contributed by atoms with van der Waals surface area (Å²) in [5, 5.41) is 16.7. The lowest BCUT2D eigenvalue weighted by atomic mass is 9.86. The van der Waals surface area contributed by atoms with Crippen molar-refractivity contribution in [3.63, 3.8) is 0 Å². The molecule has 23 heavy (non-hydrogen) atoms. The number of halogens is 1. The molecule has 0 saturated carbocycles. The summed E-state index contributed by atoms with van der Waals surface area (Å²) in [6.45, 7) is 5.68. The van der Waals surface area contributed by atoms with E-state index in [0.717, 1.165) is 52.1 Å². The molecule has 0 radical (unpaired) electrons. The fourth-order valence-electron chi connectivity index (χ4n) is 3.51. The molecule has 0 aromatic carbocycles. The van der Waals surface area contributed by atoms with E-state index in [-0.39, 0.29) is 24.9 Å². The maximum atomic E-state index is 13.2. The first kappa shape index (κ1) is 18.2. The van der Waals surface area contributed by atoms with E-state index in [1.807, 2.05) is 21.8 Å². The number of amides is 1. The largest absolute Gasteiger partial charge is 0.395 e. The molecular weight excluding hydrogens is 318 g/mol. The van der Waals surface area contributed by atoms with Gasteiger partial charge in [0.15, 0.2) is 0 Å². The smallest absolute Gasteiger partial charge is 0.250 e. The van der Waals surface area contributed by atoms with Crippen LogP contribution in [0.4, 0.5) is 0 Å². The number of aromatic nitrogens is 2. The lowest BCUT2D eigenvalue weighted by molar-refractivity contribution is -0.145. The Morgan fingerprint density at radius 3 is 2.48 bits per heavy atom. The number of carbonyl (C=O) groups excluding carboxylic acids is 1. The molecule has 2 aliphatic rings. The van der Waals surface area contributed by atoms with Crippen LogP contribution >= 0.6 is 12.4 Å². The monoisotopic (exact) mass is 343 g/mol. The van der Waals surface area contributed by atoms with Crippen molar-refractivity contribution in [3.8, 4) is 0 Å².